The maximum absolute atomic E-state index is 15.0. The first-order valence-corrected chi connectivity index (χ1v) is 37.6. The molecule has 0 aliphatic heterocycles. The van der Waals surface area contributed by atoms with E-state index in [2.05, 4.69) is 83.4 Å². The number of para-hydroxylation sites is 1. The third kappa shape index (κ3) is 35.2. The van der Waals surface area contributed by atoms with Crippen molar-refractivity contribution < 1.29 is 57.5 Å². The van der Waals surface area contributed by atoms with E-state index in [1.807, 2.05) is 26.0 Å². The van der Waals surface area contributed by atoms with Gasteiger partial charge >= 0.3 is 0 Å². The van der Waals surface area contributed by atoms with E-state index in [1.165, 1.54) is 6.92 Å². The number of nitrogens with one attached hydrogen (secondary N) is 12. The highest BCUT2D eigenvalue weighted by atomic mass is 16.2. The summed E-state index contributed by atoms with van der Waals surface area (Å²) in [5, 5.41) is 30.6. The summed E-state index contributed by atoms with van der Waals surface area (Å²) in [4.78, 5) is 189. The summed E-state index contributed by atoms with van der Waals surface area (Å²) < 4.78 is 0. The first-order valence-electron chi connectivity index (χ1n) is 37.6. The Labute approximate surface area is 644 Å². The van der Waals surface area contributed by atoms with Crippen LogP contribution in [0.4, 0.5) is 0 Å². The van der Waals surface area contributed by atoms with Crippen LogP contribution in [0.5, 0.6) is 0 Å². The van der Waals surface area contributed by atoms with Gasteiger partial charge in [-0.05, 0) is 132 Å². The highest BCUT2D eigenvalue weighted by molar-refractivity contribution is 6.00. The number of aliphatic imine (C=N–C) groups is 4. The highest BCUT2D eigenvalue weighted by Crippen LogP contribution is 2.21. The van der Waals surface area contributed by atoms with Gasteiger partial charge in [0, 0.05) is 49.7 Å². The van der Waals surface area contributed by atoms with Gasteiger partial charge in [0.2, 0.25) is 70.9 Å². The third-order valence-corrected chi connectivity index (χ3v) is 18.1. The van der Waals surface area contributed by atoms with E-state index in [4.69, 9.17) is 63.1 Å². The standard InChI is InChI=1S/C71H127N27O12/c1-12-40(10)55(67(110)95-51(34-42-35-87-44-22-14-13-21-43(42)44)63(106)91-47(25-18-30-84-69(77)78)58(101)89-45(56(74)99)24-17-29-83-68(75)76)98-61(104)49(27-20-32-86-71(81)82)93-66(109)54(39(8)9)96-57(100)41(11)88-65(108)53(38(6)7)97-60(103)46(23-15-16-28-72)90-62(105)50(33-36(2)3)94-59(102)48(26-19-31-85-70(79)80)92-64(107)52(73)37(4)5/h13-14,21-22,35-41,45-55,87H,12,15-20,23-34,72-73H2,1-11H3,(H2,74,99)(H,88,108)(H,89,101)(H,90,105)(H,91,106)(H,92,107)(H,93,109)(H,94,102)(H,95,110)(H,96,100)(H,97,103)(H,98,104)(H4,75,76,83)(H4,77,78,84)(H4,79,80,85)(H4,81,82,86)/t40-,41-,45-,46-,47-,48-,49-,50-,51-,52-,53-,54-,55-/m0/s1. The van der Waals surface area contributed by atoms with Gasteiger partial charge in [0.15, 0.2) is 23.8 Å². The molecule has 1 aromatic carbocycles. The molecule has 1 heterocycles. The zero-order valence-electron chi connectivity index (χ0n) is 65.7. The second-order valence-corrected chi connectivity index (χ2v) is 28.9. The van der Waals surface area contributed by atoms with Gasteiger partial charge < -0.3 is 127 Å². The zero-order chi connectivity index (χ0) is 83.1. The Balaban J connectivity index is 2.53. The van der Waals surface area contributed by atoms with Crippen LogP contribution in [0.15, 0.2) is 50.4 Å². The number of carbonyl (C=O) groups is 12. The number of amides is 12. The summed E-state index contributed by atoms with van der Waals surface area (Å²) in [7, 11) is 0. The van der Waals surface area contributed by atoms with Crippen molar-refractivity contribution in [2.45, 2.75) is 239 Å². The van der Waals surface area contributed by atoms with Crippen molar-refractivity contribution in [2.75, 3.05) is 32.7 Å². The van der Waals surface area contributed by atoms with Gasteiger partial charge in [-0.3, -0.25) is 77.5 Å². The van der Waals surface area contributed by atoms with E-state index >= 15 is 0 Å². The van der Waals surface area contributed by atoms with Crippen LogP contribution < -0.4 is 122 Å². The number of benzene rings is 1. The number of aromatic nitrogens is 1. The Morgan fingerprint density at radius 2 is 0.745 bits per heavy atom. The van der Waals surface area contributed by atoms with E-state index in [9.17, 15) is 57.5 Å². The number of carbonyl (C=O) groups excluding carboxylic acids is 12. The Morgan fingerprint density at radius 1 is 0.391 bits per heavy atom. The number of primary amides is 1. The minimum Gasteiger partial charge on any atom is -0.370 e. The van der Waals surface area contributed by atoms with Gasteiger partial charge in [-0.1, -0.05) is 93.9 Å². The third-order valence-electron chi connectivity index (χ3n) is 18.1. The number of hydrogen-bond acceptors (Lipinski definition) is 18. The predicted molar refractivity (Wildman–Crippen MR) is 422 cm³/mol. The van der Waals surface area contributed by atoms with Crippen molar-refractivity contribution in [3.05, 3.63) is 36.0 Å². The van der Waals surface area contributed by atoms with Crippen LogP contribution in [0.25, 0.3) is 10.9 Å². The Hall–Kier alpha value is -10.6. The number of fused-ring (bicyclic) bond motifs is 1. The average Bonchev–Trinajstić information content (AvgIpc) is 1.64. The summed E-state index contributed by atoms with van der Waals surface area (Å²) in [5.41, 5.74) is 63.3. The molecule has 0 spiro atoms. The Bertz CT molecular complexity index is 3450. The minimum absolute atomic E-state index is 0.00294. The molecule has 0 aliphatic carbocycles. The van der Waals surface area contributed by atoms with Gasteiger partial charge in [0.1, 0.15) is 66.5 Å². The number of nitrogens with zero attached hydrogens (tertiary/aromatic N) is 4. The van der Waals surface area contributed by atoms with Crippen LogP contribution in [0, 0.1) is 29.6 Å². The van der Waals surface area contributed by atoms with Gasteiger partial charge in [0.25, 0.3) is 0 Å². The molecule has 110 heavy (non-hydrogen) atoms. The predicted octanol–water partition coefficient (Wildman–Crippen LogP) is -4.72. The molecule has 0 fully saturated rings. The first kappa shape index (κ1) is 95.5. The lowest BCUT2D eigenvalue weighted by molar-refractivity contribution is -0.137. The van der Waals surface area contributed by atoms with E-state index < -0.39 is 161 Å². The fourth-order valence-corrected chi connectivity index (χ4v) is 11.4. The lowest BCUT2D eigenvalue weighted by atomic mass is 9.96. The number of aromatic amines is 1. The van der Waals surface area contributed by atoms with Crippen LogP contribution in [-0.4, -0.2) is 205 Å². The van der Waals surface area contributed by atoms with E-state index in [1.54, 1.807) is 73.7 Å². The molecule has 0 saturated carbocycles. The van der Waals surface area contributed by atoms with Crippen molar-refractivity contribution in [2.24, 2.45) is 113 Å². The molecule has 39 heteroatoms. The van der Waals surface area contributed by atoms with Crippen molar-refractivity contribution in [1.82, 2.24) is 63.5 Å². The molecule has 0 radical (unpaired) electrons. The molecule has 0 saturated heterocycles. The van der Waals surface area contributed by atoms with Crippen molar-refractivity contribution in [1.29, 1.82) is 0 Å². The maximum atomic E-state index is 15.0. The molecule has 2 rings (SSSR count). The number of hydrogen-bond donors (Lipinski definition) is 23. The largest absolute Gasteiger partial charge is 0.370 e. The van der Waals surface area contributed by atoms with Crippen LogP contribution in [-0.2, 0) is 64.0 Å². The monoisotopic (exact) mass is 1550 g/mol. The van der Waals surface area contributed by atoms with E-state index in [-0.39, 0.29) is 139 Å². The highest BCUT2D eigenvalue weighted by Gasteiger charge is 2.39. The van der Waals surface area contributed by atoms with Gasteiger partial charge in [0.05, 0.1) is 6.04 Å². The number of unbranched alkanes of at least 4 members (excludes halogenated alkanes) is 1. The van der Waals surface area contributed by atoms with Crippen molar-refractivity contribution in [3.63, 3.8) is 0 Å². The van der Waals surface area contributed by atoms with Gasteiger partial charge in [-0.2, -0.15) is 0 Å². The smallest absolute Gasteiger partial charge is 0.243 e. The second-order valence-electron chi connectivity index (χ2n) is 28.9. The number of rotatable bonds is 52. The average molecular weight is 1550 g/mol. The van der Waals surface area contributed by atoms with Crippen LogP contribution in [0.2, 0.25) is 0 Å². The van der Waals surface area contributed by atoms with Crippen LogP contribution in [0.1, 0.15) is 165 Å². The van der Waals surface area contributed by atoms with Gasteiger partial charge in [-0.25, -0.2) is 0 Å². The molecular weight excluding hydrogens is 1420 g/mol. The second kappa shape index (κ2) is 49.4. The summed E-state index contributed by atoms with van der Waals surface area (Å²) in [5.74, 6) is -12.7. The molecule has 34 N–H and O–H groups in total. The molecule has 39 nitrogen and oxygen atoms in total. The zero-order valence-corrected chi connectivity index (χ0v) is 65.7. The van der Waals surface area contributed by atoms with Crippen molar-refractivity contribution in [3.8, 4) is 0 Å². The minimum atomic E-state index is -1.45. The molecule has 1 aromatic heterocycles. The Kier molecular flexibility index (Phi) is 42.9. The van der Waals surface area contributed by atoms with Crippen LogP contribution in [0.3, 0.4) is 0 Å². The molecule has 2 aromatic rings. The quantitative estimate of drug-likeness (QED) is 0.0168. The molecule has 0 bridgehead atoms. The summed E-state index contributed by atoms with van der Waals surface area (Å²) in [6.07, 6.45) is 3.49. The first-order chi connectivity index (χ1) is 51.7. The summed E-state index contributed by atoms with van der Waals surface area (Å²) in [6, 6.07) is -8.25. The number of nitrogens with two attached hydrogens (primary N) is 11. The number of H-pyrrole nitrogens is 1. The van der Waals surface area contributed by atoms with Gasteiger partial charge in [-0.15, -0.1) is 0 Å². The number of guanidine groups is 4. The lowest BCUT2D eigenvalue weighted by Gasteiger charge is -2.30. The molecule has 13 atom stereocenters. The molecule has 0 unspecified atom stereocenters. The van der Waals surface area contributed by atoms with E-state index in [0.29, 0.717) is 35.7 Å². The maximum Gasteiger partial charge on any atom is 0.243 e. The lowest BCUT2D eigenvalue weighted by Crippen LogP contribution is -2.62. The summed E-state index contributed by atoms with van der Waals surface area (Å²) >= 11 is 0. The molecular formula is C71H127N27O12. The molecule has 0 aliphatic rings. The summed E-state index contributed by atoms with van der Waals surface area (Å²) in [6.45, 7) is 19.0. The van der Waals surface area contributed by atoms with Crippen LogP contribution >= 0.6 is 0 Å². The van der Waals surface area contributed by atoms with E-state index in [0.717, 1.165) is 0 Å². The normalized spacial score (nSPS) is 14.8. The molecule has 618 valence electrons. The fraction of sp³-hybridized carbons (Fsp3) is 0.662. The fourth-order valence-electron chi connectivity index (χ4n) is 11.4. The Morgan fingerprint density at radius 3 is 1.17 bits per heavy atom. The molecule has 12 amide bonds. The van der Waals surface area contributed by atoms with Crippen molar-refractivity contribution >= 4 is 106 Å². The topological polar surface area (TPSA) is 689 Å². The SMILES string of the molecule is CC[C@H](C)[C@H](NC(=O)[C@H](CCCN=C(N)N)NC(=O)[C@@H](NC(=O)[C@H](C)NC(=O)[C@@H](NC(=O)[C@H](CCCCN)NC(=O)[C@H](CC(C)C)NC(=O)[C@H](CCCN=C(N)N)NC(=O)[C@@H](N)C(C)C)C(C)C)C(C)C)C(=O)N[C@@H](Cc1c[nH]c2ccccc12)C(=O)N[C@@H](CCCN=C(N)N)C(=O)N[C@@H](CCCN=C(N)N)C(N)=O.